The lowest BCUT2D eigenvalue weighted by Gasteiger charge is -2.19. The highest BCUT2D eigenvalue weighted by atomic mass is 35.5. The second kappa shape index (κ2) is 9.60. The van der Waals surface area contributed by atoms with Crippen LogP contribution in [0, 0.1) is 11.8 Å². The summed E-state index contributed by atoms with van der Waals surface area (Å²) < 4.78 is 0. The van der Waals surface area contributed by atoms with E-state index in [4.69, 9.17) is 11.6 Å². The van der Waals surface area contributed by atoms with Gasteiger partial charge in [0.25, 0.3) is 0 Å². The minimum atomic E-state index is -0.140. The third-order valence-corrected chi connectivity index (χ3v) is 6.53. The van der Waals surface area contributed by atoms with Gasteiger partial charge in [-0.25, -0.2) is 0 Å². The molecule has 1 aromatic rings. The lowest BCUT2D eigenvalue weighted by Crippen LogP contribution is -2.36. The number of carbonyl (C=O) groups is 3. The van der Waals surface area contributed by atoms with Crippen LogP contribution < -0.4 is 5.32 Å². The van der Waals surface area contributed by atoms with E-state index in [1.807, 2.05) is 24.3 Å². The van der Waals surface area contributed by atoms with E-state index in [-0.39, 0.29) is 42.5 Å². The highest BCUT2D eigenvalue weighted by Crippen LogP contribution is 2.37. The van der Waals surface area contributed by atoms with Gasteiger partial charge < -0.3 is 5.32 Å². The molecule has 27 heavy (non-hydrogen) atoms. The van der Waals surface area contributed by atoms with E-state index in [1.165, 1.54) is 10.5 Å². The number of fused-ring (bicyclic) bond motifs is 1. The number of nitrogens with one attached hydrogen (secondary N) is 1. The summed E-state index contributed by atoms with van der Waals surface area (Å²) >= 11 is 7.60. The molecular formula is C20H25ClN2O3S. The van der Waals surface area contributed by atoms with Crippen LogP contribution in [-0.2, 0) is 20.1 Å². The van der Waals surface area contributed by atoms with Crippen LogP contribution in [-0.4, -0.2) is 41.5 Å². The van der Waals surface area contributed by atoms with Gasteiger partial charge >= 0.3 is 0 Å². The molecule has 5 nitrogen and oxygen atoms in total. The van der Waals surface area contributed by atoms with Crippen molar-refractivity contribution in [2.45, 2.75) is 37.9 Å². The average molecular weight is 409 g/mol. The first-order valence-electron chi connectivity index (χ1n) is 9.50. The van der Waals surface area contributed by atoms with E-state index < -0.39 is 0 Å². The lowest BCUT2D eigenvalue weighted by atomic mass is 9.81. The van der Waals surface area contributed by atoms with Crippen molar-refractivity contribution in [1.29, 1.82) is 0 Å². The van der Waals surface area contributed by atoms with E-state index in [0.717, 1.165) is 42.2 Å². The maximum absolute atomic E-state index is 12.4. The van der Waals surface area contributed by atoms with E-state index in [2.05, 4.69) is 5.32 Å². The van der Waals surface area contributed by atoms with E-state index in [9.17, 15) is 14.4 Å². The third kappa shape index (κ3) is 5.26. The van der Waals surface area contributed by atoms with Crippen molar-refractivity contribution < 1.29 is 14.4 Å². The average Bonchev–Trinajstić information content (AvgIpc) is 2.92. The first-order valence-corrected chi connectivity index (χ1v) is 11.0. The summed E-state index contributed by atoms with van der Waals surface area (Å²) in [5, 5.41) is 3.59. The maximum atomic E-state index is 12.4. The molecule has 1 aliphatic carbocycles. The number of benzene rings is 1. The van der Waals surface area contributed by atoms with Gasteiger partial charge in [-0.15, -0.1) is 0 Å². The Kier molecular flexibility index (Phi) is 7.19. The van der Waals surface area contributed by atoms with Crippen molar-refractivity contribution in [3.63, 3.8) is 0 Å². The van der Waals surface area contributed by atoms with E-state index >= 15 is 0 Å². The van der Waals surface area contributed by atoms with Crippen LogP contribution in [0.1, 0.15) is 37.7 Å². The second-order valence-electron chi connectivity index (χ2n) is 7.10. The minimum absolute atomic E-state index is 0.0731. The number of thioether (sulfide) groups is 1. The molecule has 2 atom stereocenters. The first kappa shape index (κ1) is 20.2. The molecule has 1 saturated heterocycles. The smallest absolute Gasteiger partial charge is 0.233 e. The number of hydrogen-bond donors (Lipinski definition) is 1. The van der Waals surface area contributed by atoms with Crippen LogP contribution in [0.25, 0.3) is 0 Å². The molecule has 0 unspecified atom stereocenters. The van der Waals surface area contributed by atoms with Crippen LogP contribution in [0.4, 0.5) is 0 Å². The number of likely N-dealkylation sites (tertiary alicyclic amines) is 1. The summed E-state index contributed by atoms with van der Waals surface area (Å²) in [5.74, 6) is 1.13. The minimum Gasteiger partial charge on any atom is -0.355 e. The molecule has 1 saturated carbocycles. The molecule has 0 radical (unpaired) electrons. The molecule has 0 aromatic heterocycles. The molecule has 0 spiro atoms. The highest BCUT2D eigenvalue weighted by Gasteiger charge is 2.47. The SMILES string of the molecule is O=C(CCN1C(=O)[C@@H]2CCCC[C@H]2C1=O)NCCSCc1ccc(Cl)cc1. The Labute approximate surface area is 169 Å². The largest absolute Gasteiger partial charge is 0.355 e. The second-order valence-corrected chi connectivity index (χ2v) is 8.65. The molecular weight excluding hydrogens is 384 g/mol. The normalized spacial score (nSPS) is 22.0. The van der Waals surface area contributed by atoms with Gasteiger partial charge in [0, 0.05) is 36.0 Å². The molecule has 0 bridgehead atoms. The summed E-state index contributed by atoms with van der Waals surface area (Å²) in [6.45, 7) is 0.776. The standard InChI is InChI=1S/C20H25ClN2O3S/c21-15-7-5-14(6-8-15)13-27-12-10-22-18(24)9-11-23-19(25)16-3-1-2-4-17(16)20(23)26/h5-8,16-17H,1-4,9-13H2,(H,22,24)/t16-,17-/m1/s1. The van der Waals surface area contributed by atoms with Crippen molar-refractivity contribution in [2.24, 2.45) is 11.8 Å². The van der Waals surface area contributed by atoms with Crippen LogP contribution in [0.15, 0.2) is 24.3 Å². The highest BCUT2D eigenvalue weighted by molar-refractivity contribution is 7.98. The Morgan fingerprint density at radius 1 is 1.11 bits per heavy atom. The Bertz CT molecular complexity index is 671. The molecule has 146 valence electrons. The quantitative estimate of drug-likeness (QED) is 0.529. The topological polar surface area (TPSA) is 66.5 Å². The van der Waals surface area contributed by atoms with E-state index in [1.54, 1.807) is 11.8 Å². The van der Waals surface area contributed by atoms with Gasteiger partial charge in [-0.05, 0) is 30.5 Å². The predicted octanol–water partition coefficient (Wildman–Crippen LogP) is 3.25. The number of rotatable bonds is 8. The molecule has 3 rings (SSSR count). The molecule has 1 aromatic carbocycles. The number of nitrogens with zero attached hydrogens (tertiary/aromatic N) is 1. The lowest BCUT2D eigenvalue weighted by molar-refractivity contribution is -0.140. The van der Waals surface area contributed by atoms with Gasteiger partial charge in [-0.1, -0.05) is 36.6 Å². The summed E-state index contributed by atoms with van der Waals surface area (Å²) in [6, 6.07) is 7.73. The molecule has 2 fully saturated rings. The predicted molar refractivity (Wildman–Crippen MR) is 107 cm³/mol. The number of carbonyl (C=O) groups excluding carboxylic acids is 3. The summed E-state index contributed by atoms with van der Waals surface area (Å²) in [5.41, 5.74) is 1.20. The fourth-order valence-electron chi connectivity index (χ4n) is 3.79. The zero-order valence-corrected chi connectivity index (χ0v) is 16.9. The number of amides is 3. The molecule has 2 aliphatic rings. The van der Waals surface area contributed by atoms with Gasteiger partial charge in [0.05, 0.1) is 11.8 Å². The van der Waals surface area contributed by atoms with Gasteiger partial charge in [-0.2, -0.15) is 11.8 Å². The van der Waals surface area contributed by atoms with Crippen molar-refractivity contribution in [2.75, 3.05) is 18.8 Å². The van der Waals surface area contributed by atoms with Crippen molar-refractivity contribution >= 4 is 41.1 Å². The fourth-order valence-corrected chi connectivity index (χ4v) is 4.73. The van der Waals surface area contributed by atoms with Crippen molar-refractivity contribution in [3.8, 4) is 0 Å². The Morgan fingerprint density at radius 2 is 1.74 bits per heavy atom. The molecule has 1 aliphatic heterocycles. The number of hydrogen-bond acceptors (Lipinski definition) is 4. The summed E-state index contributed by atoms with van der Waals surface area (Å²) in [4.78, 5) is 38.1. The Hall–Kier alpha value is -1.53. The van der Waals surface area contributed by atoms with Gasteiger partial charge in [0.1, 0.15) is 0 Å². The fraction of sp³-hybridized carbons (Fsp3) is 0.550. The molecule has 7 heteroatoms. The van der Waals surface area contributed by atoms with Crippen molar-refractivity contribution in [3.05, 3.63) is 34.9 Å². The van der Waals surface area contributed by atoms with Crippen LogP contribution >= 0.6 is 23.4 Å². The van der Waals surface area contributed by atoms with Gasteiger partial charge in [-0.3, -0.25) is 19.3 Å². The number of halogens is 1. The molecule has 3 amide bonds. The Balaban J connectivity index is 1.32. The zero-order valence-electron chi connectivity index (χ0n) is 15.3. The monoisotopic (exact) mass is 408 g/mol. The van der Waals surface area contributed by atoms with Gasteiger partial charge in [0.2, 0.25) is 17.7 Å². The third-order valence-electron chi connectivity index (χ3n) is 5.25. The van der Waals surface area contributed by atoms with Crippen LogP contribution in [0.3, 0.4) is 0 Å². The molecule has 1 N–H and O–H groups in total. The number of imide groups is 1. The zero-order chi connectivity index (χ0) is 19.2. The first-order chi connectivity index (χ1) is 13.1. The van der Waals surface area contributed by atoms with Crippen LogP contribution in [0.5, 0.6) is 0 Å². The van der Waals surface area contributed by atoms with E-state index in [0.29, 0.717) is 6.54 Å². The summed E-state index contributed by atoms with van der Waals surface area (Å²) in [6.07, 6.45) is 3.83. The summed E-state index contributed by atoms with van der Waals surface area (Å²) in [7, 11) is 0. The van der Waals surface area contributed by atoms with Crippen molar-refractivity contribution in [1.82, 2.24) is 10.2 Å². The molecule has 1 heterocycles. The van der Waals surface area contributed by atoms with Gasteiger partial charge in [0.15, 0.2) is 0 Å². The van der Waals surface area contributed by atoms with Crippen LogP contribution in [0.2, 0.25) is 5.02 Å². The Morgan fingerprint density at radius 3 is 2.37 bits per heavy atom. The maximum Gasteiger partial charge on any atom is 0.233 e.